The minimum Gasteiger partial charge on any atom is -0.320 e. The van der Waals surface area contributed by atoms with E-state index in [9.17, 15) is 0 Å². The van der Waals surface area contributed by atoms with Gasteiger partial charge < -0.3 is 5.32 Å². The molecule has 0 fully saturated rings. The van der Waals surface area contributed by atoms with Gasteiger partial charge in [-0.1, -0.05) is 0 Å². The second-order valence-corrected chi connectivity index (χ2v) is 1.88. The van der Waals surface area contributed by atoms with Gasteiger partial charge in [-0.15, -0.1) is 11.6 Å². The number of hydrogen-bond donors (Lipinski definition) is 1. The molecule has 7 heavy (non-hydrogen) atoms. The highest BCUT2D eigenvalue weighted by atomic mass is 35.5. The van der Waals surface area contributed by atoms with Crippen LogP contribution in [-0.2, 0) is 0 Å². The molecule has 1 nitrogen and oxygen atoms in total. The van der Waals surface area contributed by atoms with Gasteiger partial charge in [-0.25, -0.2) is 0 Å². The number of nitrogens with one attached hydrogen (secondary N) is 1. The Hall–Kier alpha value is 0.250. The van der Waals surface area contributed by atoms with Crippen molar-refractivity contribution in [3.63, 3.8) is 0 Å². The summed E-state index contributed by atoms with van der Waals surface area (Å²) in [6.07, 6.45) is 2.32. The van der Waals surface area contributed by atoms with Gasteiger partial charge >= 0.3 is 0 Å². The van der Waals surface area contributed by atoms with Gasteiger partial charge in [0.1, 0.15) is 0 Å². The van der Waals surface area contributed by atoms with Crippen molar-refractivity contribution < 1.29 is 0 Å². The Kier molecular flexibility index (Phi) is 6.47. The molecule has 0 rings (SSSR count). The van der Waals surface area contributed by atoms with Crippen LogP contribution >= 0.6 is 11.6 Å². The van der Waals surface area contributed by atoms with E-state index >= 15 is 0 Å². The van der Waals surface area contributed by atoms with E-state index in [1.807, 2.05) is 7.05 Å². The van der Waals surface area contributed by atoms with E-state index in [2.05, 4.69) is 5.32 Å². The zero-order chi connectivity index (χ0) is 5.54. The van der Waals surface area contributed by atoms with Crippen molar-refractivity contribution in [1.29, 1.82) is 0 Å². The Bertz CT molecular complexity index is 27.3. The summed E-state index contributed by atoms with van der Waals surface area (Å²) in [7, 11) is 1.95. The maximum absolute atomic E-state index is 5.41. The molecular formula is C5H12ClN. The molecule has 0 saturated carbocycles. The van der Waals surface area contributed by atoms with Gasteiger partial charge in [-0.3, -0.25) is 0 Å². The fourth-order valence-corrected chi connectivity index (χ4v) is 0.585. The van der Waals surface area contributed by atoms with Crippen LogP contribution in [0.2, 0.25) is 0 Å². The van der Waals surface area contributed by atoms with Gasteiger partial charge in [0.25, 0.3) is 0 Å². The Morgan fingerprint density at radius 1 is 1.43 bits per heavy atom. The Balaban J connectivity index is 2.45. The van der Waals surface area contributed by atoms with Gasteiger partial charge in [-0.05, 0) is 26.4 Å². The zero-order valence-electron chi connectivity index (χ0n) is 4.71. The van der Waals surface area contributed by atoms with Crippen molar-refractivity contribution in [1.82, 2.24) is 5.32 Å². The van der Waals surface area contributed by atoms with Gasteiger partial charge in [0.2, 0.25) is 0 Å². The van der Waals surface area contributed by atoms with Crippen LogP contribution < -0.4 is 5.32 Å². The highest BCUT2D eigenvalue weighted by molar-refractivity contribution is 6.17. The molecule has 0 unspecified atom stereocenters. The van der Waals surface area contributed by atoms with E-state index < -0.39 is 0 Å². The second-order valence-electron chi connectivity index (χ2n) is 1.50. The quantitative estimate of drug-likeness (QED) is 0.436. The lowest BCUT2D eigenvalue weighted by atomic mass is 10.3. The van der Waals surface area contributed by atoms with Gasteiger partial charge in [0.05, 0.1) is 0 Å². The number of alkyl halides is 1. The number of hydrogen-bond acceptors (Lipinski definition) is 1. The molecule has 0 saturated heterocycles. The van der Waals surface area contributed by atoms with E-state index in [1.54, 1.807) is 0 Å². The van der Waals surface area contributed by atoms with Crippen molar-refractivity contribution >= 4 is 11.6 Å². The highest BCUT2D eigenvalue weighted by Gasteiger charge is 1.80. The molecule has 44 valence electrons. The number of halogens is 1. The van der Waals surface area contributed by atoms with Crippen molar-refractivity contribution in [2.45, 2.75) is 12.8 Å². The molecule has 0 radical (unpaired) electrons. The first-order chi connectivity index (χ1) is 3.41. The summed E-state index contributed by atoms with van der Waals surface area (Å²) in [5.74, 6) is 0.793. The lowest BCUT2D eigenvalue weighted by Crippen LogP contribution is -2.06. The fourth-order valence-electron chi connectivity index (χ4n) is 0.396. The Morgan fingerprint density at radius 2 is 2.14 bits per heavy atom. The molecule has 0 spiro atoms. The zero-order valence-corrected chi connectivity index (χ0v) is 5.46. The average Bonchev–Trinajstić information content (AvgIpc) is 1.69. The van der Waals surface area contributed by atoms with E-state index in [4.69, 9.17) is 11.6 Å². The first-order valence-electron chi connectivity index (χ1n) is 2.62. The van der Waals surface area contributed by atoms with E-state index in [1.165, 1.54) is 6.42 Å². The van der Waals surface area contributed by atoms with Crippen LogP contribution in [0.4, 0.5) is 0 Å². The van der Waals surface area contributed by atoms with E-state index in [0.717, 1.165) is 18.8 Å². The molecule has 1 N–H and O–H groups in total. The molecule has 0 aromatic heterocycles. The van der Waals surface area contributed by atoms with Crippen LogP contribution in [0.3, 0.4) is 0 Å². The average molecular weight is 122 g/mol. The molecule has 0 aliphatic carbocycles. The Labute approximate surface area is 50.1 Å². The third-order valence-corrected chi connectivity index (χ3v) is 1.08. The van der Waals surface area contributed by atoms with Crippen LogP contribution in [0.15, 0.2) is 0 Å². The molecule has 2 heteroatoms. The maximum atomic E-state index is 5.41. The second kappa shape index (κ2) is 6.25. The lowest BCUT2D eigenvalue weighted by molar-refractivity contribution is 0.713. The molecular weight excluding hydrogens is 110 g/mol. The summed E-state index contributed by atoms with van der Waals surface area (Å²) >= 11 is 5.41. The minimum absolute atomic E-state index is 0.793. The predicted molar refractivity (Wildman–Crippen MR) is 33.9 cm³/mol. The first kappa shape index (κ1) is 7.25. The van der Waals surface area contributed by atoms with Gasteiger partial charge in [0, 0.05) is 5.88 Å². The predicted octanol–water partition coefficient (Wildman–Crippen LogP) is 1.22. The number of unbranched alkanes of at least 4 members (excludes halogenated alkanes) is 1. The third-order valence-electron chi connectivity index (χ3n) is 0.810. The molecule has 0 aromatic carbocycles. The monoisotopic (exact) mass is 121 g/mol. The largest absolute Gasteiger partial charge is 0.320 e. The van der Waals surface area contributed by atoms with Crippen molar-refractivity contribution in [3.8, 4) is 0 Å². The molecule has 0 bridgehead atoms. The molecule has 0 aliphatic heterocycles. The van der Waals surface area contributed by atoms with Crippen LogP contribution in [-0.4, -0.2) is 19.5 Å². The SMILES string of the molecule is CNCCCCCl. The van der Waals surface area contributed by atoms with E-state index in [-0.39, 0.29) is 0 Å². The number of rotatable bonds is 4. The summed E-state index contributed by atoms with van der Waals surface area (Å²) < 4.78 is 0. The minimum atomic E-state index is 0.793. The smallest absolute Gasteiger partial charge is 0.0223 e. The highest BCUT2D eigenvalue weighted by Crippen LogP contribution is 1.87. The normalized spacial score (nSPS) is 9.43. The molecule has 0 aromatic rings. The summed E-state index contributed by atoms with van der Waals surface area (Å²) in [6, 6.07) is 0. The summed E-state index contributed by atoms with van der Waals surface area (Å²) in [4.78, 5) is 0. The standard InChI is InChI=1S/C5H12ClN/c1-7-5-3-2-4-6/h7H,2-5H2,1H3. The van der Waals surface area contributed by atoms with Crippen LogP contribution in [0, 0.1) is 0 Å². The maximum Gasteiger partial charge on any atom is 0.0223 e. The van der Waals surface area contributed by atoms with E-state index in [0.29, 0.717) is 0 Å². The molecule has 0 atom stereocenters. The van der Waals surface area contributed by atoms with Gasteiger partial charge in [0.15, 0.2) is 0 Å². The Morgan fingerprint density at radius 3 is 2.57 bits per heavy atom. The van der Waals surface area contributed by atoms with Crippen molar-refractivity contribution in [2.75, 3.05) is 19.5 Å². The fraction of sp³-hybridized carbons (Fsp3) is 1.00. The first-order valence-corrected chi connectivity index (χ1v) is 3.16. The summed E-state index contributed by atoms with van der Waals surface area (Å²) in [5.41, 5.74) is 0. The van der Waals surface area contributed by atoms with Crippen molar-refractivity contribution in [2.24, 2.45) is 0 Å². The lowest BCUT2D eigenvalue weighted by Gasteiger charge is -1.92. The molecule has 0 aliphatic rings. The summed E-state index contributed by atoms with van der Waals surface area (Å²) in [5, 5.41) is 3.04. The third kappa shape index (κ3) is 6.25. The molecule has 0 heterocycles. The van der Waals surface area contributed by atoms with Crippen LogP contribution in [0.5, 0.6) is 0 Å². The van der Waals surface area contributed by atoms with Crippen LogP contribution in [0.25, 0.3) is 0 Å². The molecule has 0 amide bonds. The van der Waals surface area contributed by atoms with Crippen molar-refractivity contribution in [3.05, 3.63) is 0 Å². The van der Waals surface area contributed by atoms with Crippen LogP contribution in [0.1, 0.15) is 12.8 Å². The van der Waals surface area contributed by atoms with Gasteiger partial charge in [-0.2, -0.15) is 0 Å². The summed E-state index contributed by atoms with van der Waals surface area (Å²) in [6.45, 7) is 1.09. The topological polar surface area (TPSA) is 12.0 Å².